The molecule has 1 atom stereocenters. The van der Waals surface area contributed by atoms with Crippen molar-refractivity contribution in [2.45, 2.75) is 23.8 Å². The van der Waals surface area contributed by atoms with E-state index in [-0.39, 0.29) is 22.6 Å². The third-order valence-electron chi connectivity index (χ3n) is 4.32. The van der Waals surface area contributed by atoms with Gasteiger partial charge in [0.25, 0.3) is 0 Å². The molecule has 0 spiro atoms. The lowest BCUT2D eigenvalue weighted by atomic mass is 10.0. The fourth-order valence-corrected chi connectivity index (χ4v) is 5.52. The Kier molecular flexibility index (Phi) is 5.81. The van der Waals surface area contributed by atoms with Crippen LogP contribution in [0.15, 0.2) is 45.8 Å². The predicted molar refractivity (Wildman–Crippen MR) is 104 cm³/mol. The van der Waals surface area contributed by atoms with Crippen LogP contribution in [0.25, 0.3) is 0 Å². The number of ether oxygens (including phenoxy) is 2. The molecule has 0 amide bonds. The standard InChI is InChI=1S/C18H19BrClNO4S/c1-24-14-7-5-12(6-8-14)17(11-3-4-11)21-26(22,23)16-10-13(20)9-15(19)18(16)25-2/h5-11,17,21H,3-4H2,1-2H3. The highest BCUT2D eigenvalue weighted by Gasteiger charge is 2.36. The fourth-order valence-electron chi connectivity index (χ4n) is 2.84. The number of hydrogen-bond acceptors (Lipinski definition) is 4. The number of sulfonamides is 1. The van der Waals surface area contributed by atoms with E-state index in [1.54, 1.807) is 13.2 Å². The van der Waals surface area contributed by atoms with Gasteiger partial charge in [-0.15, -0.1) is 0 Å². The van der Waals surface area contributed by atoms with Gasteiger partial charge in [-0.3, -0.25) is 0 Å². The van der Waals surface area contributed by atoms with Gasteiger partial charge in [-0.25, -0.2) is 13.1 Å². The van der Waals surface area contributed by atoms with E-state index in [2.05, 4.69) is 20.7 Å². The number of halogens is 2. The minimum Gasteiger partial charge on any atom is -0.497 e. The van der Waals surface area contributed by atoms with E-state index in [0.29, 0.717) is 9.50 Å². The van der Waals surface area contributed by atoms with Gasteiger partial charge in [0.15, 0.2) is 5.75 Å². The monoisotopic (exact) mass is 459 g/mol. The summed E-state index contributed by atoms with van der Waals surface area (Å²) in [5, 5.41) is 0.311. The molecule has 2 aromatic carbocycles. The van der Waals surface area contributed by atoms with Crippen LogP contribution in [0, 0.1) is 5.92 Å². The molecule has 2 aromatic rings. The van der Waals surface area contributed by atoms with E-state index in [0.717, 1.165) is 24.2 Å². The van der Waals surface area contributed by atoms with Crippen LogP contribution in [0.2, 0.25) is 5.02 Å². The Balaban J connectivity index is 1.96. The predicted octanol–water partition coefficient (Wildman–Crippen LogP) is 4.55. The van der Waals surface area contributed by atoms with Gasteiger partial charge in [-0.1, -0.05) is 23.7 Å². The van der Waals surface area contributed by atoms with Crippen molar-refractivity contribution in [3.05, 3.63) is 51.5 Å². The third kappa shape index (κ3) is 4.17. The van der Waals surface area contributed by atoms with Gasteiger partial charge in [0.2, 0.25) is 10.0 Å². The minimum absolute atomic E-state index is 0.0125. The van der Waals surface area contributed by atoms with E-state index >= 15 is 0 Å². The Morgan fingerprint density at radius 3 is 2.35 bits per heavy atom. The van der Waals surface area contributed by atoms with Crippen LogP contribution in [-0.2, 0) is 10.0 Å². The highest BCUT2D eigenvalue weighted by Crippen LogP contribution is 2.43. The zero-order valence-corrected chi connectivity index (χ0v) is 17.5. The quantitative estimate of drug-likeness (QED) is 0.658. The maximum Gasteiger partial charge on any atom is 0.244 e. The Morgan fingerprint density at radius 1 is 1.15 bits per heavy atom. The van der Waals surface area contributed by atoms with Crippen molar-refractivity contribution >= 4 is 37.6 Å². The third-order valence-corrected chi connectivity index (χ3v) is 6.57. The lowest BCUT2D eigenvalue weighted by Crippen LogP contribution is -2.30. The van der Waals surface area contributed by atoms with Gasteiger partial charge in [-0.05, 0) is 64.5 Å². The Bertz CT molecular complexity index is 898. The van der Waals surface area contributed by atoms with Crippen LogP contribution in [-0.4, -0.2) is 22.6 Å². The van der Waals surface area contributed by atoms with Crippen LogP contribution in [0.4, 0.5) is 0 Å². The summed E-state index contributed by atoms with van der Waals surface area (Å²) in [4.78, 5) is 0.0125. The second-order valence-corrected chi connectivity index (χ2v) is 9.10. The number of nitrogens with one attached hydrogen (secondary N) is 1. The summed E-state index contributed by atoms with van der Waals surface area (Å²) >= 11 is 9.36. The van der Waals surface area contributed by atoms with Gasteiger partial charge in [0.1, 0.15) is 10.6 Å². The summed E-state index contributed by atoms with van der Waals surface area (Å²) in [7, 11) is -0.815. The smallest absolute Gasteiger partial charge is 0.244 e. The molecule has 1 unspecified atom stereocenters. The zero-order valence-electron chi connectivity index (χ0n) is 14.3. The molecule has 0 saturated heterocycles. The number of methoxy groups -OCH3 is 2. The lowest BCUT2D eigenvalue weighted by molar-refractivity contribution is 0.399. The largest absolute Gasteiger partial charge is 0.497 e. The molecule has 140 valence electrons. The molecule has 8 heteroatoms. The number of rotatable bonds is 7. The first-order valence-electron chi connectivity index (χ1n) is 8.05. The topological polar surface area (TPSA) is 64.6 Å². The summed E-state index contributed by atoms with van der Waals surface area (Å²) in [5.74, 6) is 1.23. The van der Waals surface area contributed by atoms with Crippen molar-refractivity contribution in [2.24, 2.45) is 5.92 Å². The van der Waals surface area contributed by atoms with Gasteiger partial charge in [0, 0.05) is 11.1 Å². The molecule has 0 bridgehead atoms. The fraction of sp³-hybridized carbons (Fsp3) is 0.333. The molecule has 1 fully saturated rings. The molecule has 5 nitrogen and oxygen atoms in total. The van der Waals surface area contributed by atoms with Gasteiger partial charge >= 0.3 is 0 Å². The van der Waals surface area contributed by atoms with Crippen molar-refractivity contribution in [1.82, 2.24) is 4.72 Å². The van der Waals surface area contributed by atoms with E-state index < -0.39 is 10.0 Å². The first kappa shape index (κ1) is 19.5. The van der Waals surface area contributed by atoms with Crippen LogP contribution in [0.5, 0.6) is 11.5 Å². The average Bonchev–Trinajstić information content (AvgIpc) is 3.44. The molecule has 1 N–H and O–H groups in total. The molecule has 0 heterocycles. The molecule has 1 aliphatic rings. The molecule has 0 radical (unpaired) electrons. The van der Waals surface area contributed by atoms with Gasteiger partial charge in [-0.2, -0.15) is 0 Å². The highest BCUT2D eigenvalue weighted by molar-refractivity contribution is 9.10. The Hall–Kier alpha value is -1.28. The summed E-state index contributed by atoms with van der Waals surface area (Å²) in [6, 6.07) is 10.1. The van der Waals surface area contributed by atoms with E-state index in [4.69, 9.17) is 21.1 Å². The van der Waals surface area contributed by atoms with Crippen molar-refractivity contribution in [2.75, 3.05) is 14.2 Å². The normalized spacial score (nSPS) is 15.5. The van der Waals surface area contributed by atoms with E-state index in [1.807, 2.05) is 24.3 Å². The van der Waals surface area contributed by atoms with Crippen LogP contribution < -0.4 is 14.2 Å². The maximum atomic E-state index is 13.1. The summed E-state index contributed by atoms with van der Waals surface area (Å²) in [6.07, 6.45) is 1.96. The average molecular weight is 461 g/mol. The molecule has 0 aliphatic heterocycles. The van der Waals surface area contributed by atoms with Crippen LogP contribution >= 0.6 is 27.5 Å². The van der Waals surface area contributed by atoms with Crippen molar-refractivity contribution in [1.29, 1.82) is 0 Å². The van der Waals surface area contributed by atoms with Crippen LogP contribution in [0.3, 0.4) is 0 Å². The van der Waals surface area contributed by atoms with E-state index in [9.17, 15) is 8.42 Å². The minimum atomic E-state index is -3.84. The van der Waals surface area contributed by atoms with Crippen LogP contribution in [0.1, 0.15) is 24.4 Å². The second-order valence-electron chi connectivity index (χ2n) is 6.13. The molecule has 26 heavy (non-hydrogen) atoms. The molecular weight excluding hydrogens is 442 g/mol. The molecule has 3 rings (SSSR count). The van der Waals surface area contributed by atoms with E-state index in [1.165, 1.54) is 13.2 Å². The lowest BCUT2D eigenvalue weighted by Gasteiger charge is -2.20. The molecule has 1 aliphatic carbocycles. The summed E-state index contributed by atoms with van der Waals surface area (Å²) < 4.78 is 39.9. The second kappa shape index (κ2) is 7.76. The maximum absolute atomic E-state index is 13.1. The highest BCUT2D eigenvalue weighted by atomic mass is 79.9. The SMILES string of the molecule is COc1ccc(C(NS(=O)(=O)c2cc(Cl)cc(Br)c2OC)C2CC2)cc1. The molecule has 1 saturated carbocycles. The first-order chi connectivity index (χ1) is 12.4. The van der Waals surface area contributed by atoms with Crippen molar-refractivity contribution in [3.63, 3.8) is 0 Å². The summed E-state index contributed by atoms with van der Waals surface area (Å²) in [6.45, 7) is 0. The summed E-state index contributed by atoms with van der Waals surface area (Å²) in [5.41, 5.74) is 0.900. The first-order valence-corrected chi connectivity index (χ1v) is 10.7. The van der Waals surface area contributed by atoms with Gasteiger partial charge in [0.05, 0.1) is 18.7 Å². The Morgan fingerprint density at radius 2 is 1.81 bits per heavy atom. The number of hydrogen-bond donors (Lipinski definition) is 1. The number of benzene rings is 2. The zero-order chi connectivity index (χ0) is 18.9. The molecule has 0 aromatic heterocycles. The van der Waals surface area contributed by atoms with Gasteiger partial charge < -0.3 is 9.47 Å². The van der Waals surface area contributed by atoms with Crippen molar-refractivity contribution in [3.8, 4) is 11.5 Å². The van der Waals surface area contributed by atoms with Crippen molar-refractivity contribution < 1.29 is 17.9 Å². The Labute approximate surface area is 166 Å². The molecular formula is C18H19BrClNO4S.